The van der Waals surface area contributed by atoms with Gasteiger partial charge in [-0.15, -0.1) is 5.10 Å². The quantitative estimate of drug-likeness (QED) is 0.824. The SMILES string of the molecule is CCCNC1CCC(c2cnnn2CCC)C1. The molecular weight excluding hydrogens is 212 g/mol. The van der Waals surface area contributed by atoms with Crippen molar-refractivity contribution in [3.63, 3.8) is 0 Å². The lowest BCUT2D eigenvalue weighted by Gasteiger charge is -2.13. The van der Waals surface area contributed by atoms with Crippen LogP contribution in [0.1, 0.15) is 57.6 Å². The number of nitrogens with one attached hydrogen (secondary N) is 1. The van der Waals surface area contributed by atoms with Gasteiger partial charge in [0.2, 0.25) is 0 Å². The molecule has 1 aromatic rings. The minimum atomic E-state index is 0.658. The van der Waals surface area contributed by atoms with Gasteiger partial charge in [-0.05, 0) is 38.6 Å². The van der Waals surface area contributed by atoms with Crippen molar-refractivity contribution in [3.8, 4) is 0 Å². The van der Waals surface area contributed by atoms with E-state index in [1.54, 1.807) is 0 Å². The summed E-state index contributed by atoms with van der Waals surface area (Å²) in [5, 5.41) is 11.9. The molecular formula is C13H24N4. The molecule has 0 radical (unpaired) electrons. The largest absolute Gasteiger partial charge is 0.314 e. The molecule has 1 heterocycles. The molecule has 2 unspecified atom stereocenters. The number of hydrogen-bond donors (Lipinski definition) is 1. The van der Waals surface area contributed by atoms with Crippen LogP contribution in [0.25, 0.3) is 0 Å². The van der Waals surface area contributed by atoms with Crippen LogP contribution in [0.4, 0.5) is 0 Å². The van der Waals surface area contributed by atoms with Crippen molar-refractivity contribution in [2.75, 3.05) is 6.54 Å². The van der Waals surface area contributed by atoms with Crippen LogP contribution < -0.4 is 5.32 Å². The first-order chi connectivity index (χ1) is 8.35. The zero-order chi connectivity index (χ0) is 12.1. The Balaban J connectivity index is 1.92. The van der Waals surface area contributed by atoms with Gasteiger partial charge in [0.25, 0.3) is 0 Å². The second-order valence-electron chi connectivity index (χ2n) is 5.04. The summed E-state index contributed by atoms with van der Waals surface area (Å²) in [6.45, 7) is 6.55. The van der Waals surface area contributed by atoms with E-state index in [-0.39, 0.29) is 0 Å². The Kier molecular flexibility index (Phi) is 4.54. The molecule has 0 amide bonds. The fourth-order valence-corrected chi connectivity index (χ4v) is 2.75. The minimum Gasteiger partial charge on any atom is -0.314 e. The molecule has 0 bridgehead atoms. The number of rotatable bonds is 6. The van der Waals surface area contributed by atoms with Crippen molar-refractivity contribution in [2.24, 2.45) is 0 Å². The molecule has 0 spiro atoms. The Morgan fingerprint density at radius 3 is 3.00 bits per heavy atom. The van der Waals surface area contributed by atoms with Crippen molar-refractivity contribution >= 4 is 0 Å². The molecule has 0 aromatic carbocycles. The zero-order valence-electron chi connectivity index (χ0n) is 11.0. The minimum absolute atomic E-state index is 0.658. The van der Waals surface area contributed by atoms with Gasteiger partial charge in [-0.2, -0.15) is 0 Å². The maximum absolute atomic E-state index is 4.18. The lowest BCUT2D eigenvalue weighted by atomic mass is 10.0. The predicted molar refractivity (Wildman–Crippen MR) is 69.0 cm³/mol. The topological polar surface area (TPSA) is 42.7 Å². The maximum Gasteiger partial charge on any atom is 0.0728 e. The van der Waals surface area contributed by atoms with Crippen LogP contribution in [0, 0.1) is 0 Å². The van der Waals surface area contributed by atoms with E-state index in [9.17, 15) is 0 Å². The smallest absolute Gasteiger partial charge is 0.0728 e. The third-order valence-corrected chi connectivity index (χ3v) is 3.62. The van der Waals surface area contributed by atoms with Gasteiger partial charge in [0.15, 0.2) is 0 Å². The predicted octanol–water partition coefficient (Wildman–Crippen LogP) is 2.32. The van der Waals surface area contributed by atoms with Gasteiger partial charge >= 0.3 is 0 Å². The van der Waals surface area contributed by atoms with E-state index in [0.717, 1.165) is 19.5 Å². The van der Waals surface area contributed by atoms with E-state index in [0.29, 0.717) is 12.0 Å². The fourth-order valence-electron chi connectivity index (χ4n) is 2.75. The van der Waals surface area contributed by atoms with Crippen molar-refractivity contribution in [2.45, 2.75) is 64.5 Å². The molecule has 2 atom stereocenters. The van der Waals surface area contributed by atoms with E-state index in [1.807, 2.05) is 6.20 Å². The molecule has 1 aliphatic carbocycles. The Morgan fingerprint density at radius 1 is 1.35 bits per heavy atom. The molecule has 1 aromatic heterocycles. The Morgan fingerprint density at radius 2 is 2.24 bits per heavy atom. The molecule has 4 heteroatoms. The van der Waals surface area contributed by atoms with Crippen LogP contribution in [-0.4, -0.2) is 27.6 Å². The Hall–Kier alpha value is -0.900. The lowest BCUT2D eigenvalue weighted by molar-refractivity contribution is 0.498. The standard InChI is InChI=1S/C13H24N4/c1-3-7-14-12-6-5-11(9-12)13-10-15-16-17(13)8-4-2/h10-12,14H,3-9H2,1-2H3. The Bertz CT molecular complexity index is 334. The van der Waals surface area contributed by atoms with Crippen LogP contribution in [0.3, 0.4) is 0 Å². The molecule has 1 fully saturated rings. The zero-order valence-corrected chi connectivity index (χ0v) is 11.0. The summed E-state index contributed by atoms with van der Waals surface area (Å²) in [6, 6.07) is 0.699. The van der Waals surface area contributed by atoms with Crippen LogP contribution in [0.2, 0.25) is 0 Å². The average molecular weight is 236 g/mol. The van der Waals surface area contributed by atoms with E-state index < -0.39 is 0 Å². The van der Waals surface area contributed by atoms with E-state index >= 15 is 0 Å². The van der Waals surface area contributed by atoms with Gasteiger partial charge in [0.05, 0.1) is 11.9 Å². The highest BCUT2D eigenvalue weighted by atomic mass is 15.4. The maximum atomic E-state index is 4.18. The fraction of sp³-hybridized carbons (Fsp3) is 0.846. The first-order valence-corrected chi connectivity index (χ1v) is 6.96. The third-order valence-electron chi connectivity index (χ3n) is 3.62. The molecule has 2 rings (SSSR count). The average Bonchev–Trinajstić information content (AvgIpc) is 2.95. The monoisotopic (exact) mass is 236 g/mol. The summed E-state index contributed by atoms with van der Waals surface area (Å²) in [4.78, 5) is 0. The summed E-state index contributed by atoms with van der Waals surface area (Å²) in [6.07, 6.45) is 8.12. The van der Waals surface area contributed by atoms with Gasteiger partial charge in [0, 0.05) is 18.5 Å². The van der Waals surface area contributed by atoms with Crippen molar-refractivity contribution in [3.05, 3.63) is 11.9 Å². The van der Waals surface area contributed by atoms with Crippen molar-refractivity contribution in [1.29, 1.82) is 0 Å². The van der Waals surface area contributed by atoms with Gasteiger partial charge in [0.1, 0.15) is 0 Å². The molecule has 1 saturated carbocycles. The lowest BCUT2D eigenvalue weighted by Crippen LogP contribution is -2.27. The van der Waals surface area contributed by atoms with Gasteiger partial charge < -0.3 is 5.32 Å². The highest BCUT2D eigenvalue weighted by Gasteiger charge is 2.27. The molecule has 0 aliphatic heterocycles. The number of nitrogens with zero attached hydrogens (tertiary/aromatic N) is 3. The molecule has 96 valence electrons. The number of aryl methyl sites for hydroxylation is 1. The molecule has 1 aliphatic rings. The molecule has 1 N–H and O–H groups in total. The summed E-state index contributed by atoms with van der Waals surface area (Å²) in [7, 11) is 0. The highest BCUT2D eigenvalue weighted by Crippen LogP contribution is 2.33. The second kappa shape index (κ2) is 6.15. The number of aromatic nitrogens is 3. The normalized spacial score (nSPS) is 24.4. The van der Waals surface area contributed by atoms with Gasteiger partial charge in [-0.3, -0.25) is 0 Å². The second-order valence-corrected chi connectivity index (χ2v) is 5.04. The number of hydrogen-bond acceptors (Lipinski definition) is 3. The van der Waals surface area contributed by atoms with Crippen molar-refractivity contribution < 1.29 is 0 Å². The van der Waals surface area contributed by atoms with Gasteiger partial charge in [-0.25, -0.2) is 4.68 Å². The Labute approximate surface area is 104 Å². The summed E-state index contributed by atoms with van der Waals surface area (Å²) < 4.78 is 2.09. The van der Waals surface area contributed by atoms with Crippen LogP contribution >= 0.6 is 0 Å². The molecule has 0 saturated heterocycles. The van der Waals surface area contributed by atoms with Gasteiger partial charge in [-0.1, -0.05) is 19.1 Å². The van der Waals surface area contributed by atoms with E-state index in [2.05, 4.69) is 34.2 Å². The van der Waals surface area contributed by atoms with Crippen LogP contribution in [-0.2, 0) is 6.54 Å². The summed E-state index contributed by atoms with van der Waals surface area (Å²) >= 11 is 0. The third kappa shape index (κ3) is 3.06. The molecule has 17 heavy (non-hydrogen) atoms. The van der Waals surface area contributed by atoms with Crippen LogP contribution in [0.5, 0.6) is 0 Å². The van der Waals surface area contributed by atoms with Crippen molar-refractivity contribution in [1.82, 2.24) is 20.3 Å². The van der Waals surface area contributed by atoms with Crippen LogP contribution in [0.15, 0.2) is 6.20 Å². The highest BCUT2D eigenvalue weighted by molar-refractivity contribution is 5.07. The summed E-state index contributed by atoms with van der Waals surface area (Å²) in [5.41, 5.74) is 1.34. The molecule has 4 nitrogen and oxygen atoms in total. The van der Waals surface area contributed by atoms with E-state index in [1.165, 1.54) is 31.4 Å². The first-order valence-electron chi connectivity index (χ1n) is 6.96. The first kappa shape index (κ1) is 12.6. The summed E-state index contributed by atoms with van der Waals surface area (Å²) in [5.74, 6) is 0.658. The van der Waals surface area contributed by atoms with E-state index in [4.69, 9.17) is 0 Å².